The number of carbonyl (C=O) groups excluding carboxylic acids is 3. The standard InChI is InChI=1S/C17H24N6O7/c1-6-27-14-11(12(30-20-14)13-19-21-22-23(13)5)9-17(18-10(4)24,15(25)28-7-2)16(26)29-8-3/h6-9H2,1-5H3,(H,18,24). The minimum absolute atomic E-state index is 0.0128. The molecule has 30 heavy (non-hydrogen) atoms. The van der Waals surface area contributed by atoms with Crippen LogP contribution in [0.4, 0.5) is 0 Å². The summed E-state index contributed by atoms with van der Waals surface area (Å²) in [7, 11) is 1.57. The molecule has 2 aromatic heterocycles. The van der Waals surface area contributed by atoms with E-state index in [9.17, 15) is 14.4 Å². The van der Waals surface area contributed by atoms with Gasteiger partial charge in [-0.05, 0) is 36.4 Å². The molecule has 0 aromatic carbocycles. The Kier molecular flexibility index (Phi) is 7.44. The lowest BCUT2D eigenvalue weighted by Crippen LogP contribution is -2.62. The molecule has 0 saturated heterocycles. The number of hydrogen-bond acceptors (Lipinski definition) is 11. The maximum Gasteiger partial charge on any atom is 0.344 e. The van der Waals surface area contributed by atoms with Crippen LogP contribution in [0.15, 0.2) is 4.52 Å². The molecule has 0 atom stereocenters. The van der Waals surface area contributed by atoms with Crippen molar-refractivity contribution >= 4 is 17.8 Å². The number of ether oxygens (including phenoxy) is 3. The zero-order chi connectivity index (χ0) is 22.3. The molecule has 0 bridgehead atoms. The molecule has 1 amide bonds. The number of hydrogen-bond donors (Lipinski definition) is 1. The highest BCUT2D eigenvalue weighted by atomic mass is 16.6. The van der Waals surface area contributed by atoms with E-state index in [-0.39, 0.29) is 42.8 Å². The number of carbonyl (C=O) groups is 3. The first-order chi connectivity index (χ1) is 14.3. The van der Waals surface area contributed by atoms with Crippen LogP contribution >= 0.6 is 0 Å². The second-order valence-electron chi connectivity index (χ2n) is 6.06. The van der Waals surface area contributed by atoms with Crippen LogP contribution in [0.25, 0.3) is 11.6 Å². The van der Waals surface area contributed by atoms with E-state index in [1.807, 2.05) is 0 Å². The number of rotatable bonds is 10. The zero-order valence-electron chi connectivity index (χ0n) is 17.4. The van der Waals surface area contributed by atoms with Gasteiger partial charge in [-0.2, -0.15) is 0 Å². The predicted octanol–water partition coefficient (Wildman–Crippen LogP) is -0.193. The molecular formula is C17H24N6O7. The van der Waals surface area contributed by atoms with Crippen LogP contribution in [0.3, 0.4) is 0 Å². The fraction of sp³-hybridized carbons (Fsp3) is 0.588. The number of nitrogens with zero attached hydrogens (tertiary/aromatic N) is 5. The third-order valence-corrected chi connectivity index (χ3v) is 3.94. The maximum atomic E-state index is 12.9. The van der Waals surface area contributed by atoms with Crippen molar-refractivity contribution in [3.63, 3.8) is 0 Å². The zero-order valence-corrected chi connectivity index (χ0v) is 17.4. The first kappa shape index (κ1) is 22.8. The molecule has 13 heteroatoms. The van der Waals surface area contributed by atoms with E-state index < -0.39 is 29.8 Å². The molecule has 164 valence electrons. The predicted molar refractivity (Wildman–Crippen MR) is 99.0 cm³/mol. The van der Waals surface area contributed by atoms with Crippen LogP contribution in [-0.2, 0) is 37.3 Å². The monoisotopic (exact) mass is 424 g/mol. The highest BCUT2D eigenvalue weighted by Gasteiger charge is 2.52. The van der Waals surface area contributed by atoms with Gasteiger partial charge in [-0.25, -0.2) is 14.3 Å². The Hall–Kier alpha value is -3.51. The summed E-state index contributed by atoms with van der Waals surface area (Å²) in [4.78, 5) is 37.8. The maximum absolute atomic E-state index is 12.9. The SMILES string of the molecule is CCOC(=O)C(Cc1c(OCC)noc1-c1nnnn1C)(NC(C)=O)C(=O)OCC. The molecule has 0 unspecified atom stereocenters. The van der Waals surface area contributed by atoms with Crippen LogP contribution in [0.5, 0.6) is 5.88 Å². The van der Waals surface area contributed by atoms with Crippen molar-refractivity contribution in [1.29, 1.82) is 0 Å². The van der Waals surface area contributed by atoms with Crippen LogP contribution in [0, 0.1) is 0 Å². The van der Waals surface area contributed by atoms with Crippen molar-refractivity contribution in [3.8, 4) is 17.5 Å². The lowest BCUT2D eigenvalue weighted by atomic mass is 9.90. The number of aromatic nitrogens is 5. The molecule has 2 heterocycles. The molecule has 0 aliphatic heterocycles. The van der Waals surface area contributed by atoms with Crippen molar-refractivity contribution in [2.45, 2.75) is 39.7 Å². The Morgan fingerprint density at radius 2 is 1.73 bits per heavy atom. The third kappa shape index (κ3) is 4.55. The van der Waals surface area contributed by atoms with Crippen LogP contribution in [0.1, 0.15) is 33.3 Å². The lowest BCUT2D eigenvalue weighted by molar-refractivity contribution is -0.168. The summed E-state index contributed by atoms with van der Waals surface area (Å²) in [5.74, 6) is -2.39. The number of amides is 1. The van der Waals surface area contributed by atoms with Gasteiger partial charge in [0.05, 0.1) is 25.4 Å². The third-order valence-electron chi connectivity index (χ3n) is 3.94. The van der Waals surface area contributed by atoms with Crippen LogP contribution < -0.4 is 10.1 Å². The molecule has 0 saturated carbocycles. The Bertz CT molecular complexity index is 888. The lowest BCUT2D eigenvalue weighted by Gasteiger charge is -2.29. The minimum atomic E-state index is -2.20. The Balaban J connectivity index is 2.67. The highest BCUT2D eigenvalue weighted by molar-refractivity contribution is 6.08. The molecule has 2 aromatic rings. The smallest absolute Gasteiger partial charge is 0.344 e. The van der Waals surface area contributed by atoms with Gasteiger partial charge in [0.15, 0.2) is 0 Å². The van der Waals surface area contributed by atoms with Gasteiger partial charge in [0.2, 0.25) is 23.0 Å². The number of aryl methyl sites for hydroxylation is 1. The van der Waals surface area contributed by atoms with E-state index in [0.717, 1.165) is 6.92 Å². The van der Waals surface area contributed by atoms with Gasteiger partial charge < -0.3 is 24.1 Å². The van der Waals surface area contributed by atoms with Crippen molar-refractivity contribution < 1.29 is 33.1 Å². The molecule has 0 spiro atoms. The summed E-state index contributed by atoms with van der Waals surface area (Å²) in [5, 5.41) is 17.4. The second-order valence-corrected chi connectivity index (χ2v) is 6.06. The largest absolute Gasteiger partial charge is 0.476 e. The van der Waals surface area contributed by atoms with E-state index in [1.54, 1.807) is 27.8 Å². The molecule has 0 aliphatic carbocycles. The molecule has 2 rings (SSSR count). The summed E-state index contributed by atoms with van der Waals surface area (Å²) in [6, 6.07) is 0. The summed E-state index contributed by atoms with van der Waals surface area (Å²) >= 11 is 0. The van der Waals surface area contributed by atoms with Gasteiger partial charge >= 0.3 is 11.9 Å². The van der Waals surface area contributed by atoms with Crippen molar-refractivity contribution in [2.75, 3.05) is 19.8 Å². The summed E-state index contributed by atoms with van der Waals surface area (Å²) < 4.78 is 22.3. The van der Waals surface area contributed by atoms with Gasteiger partial charge in [-0.3, -0.25) is 4.79 Å². The number of tetrazole rings is 1. The number of nitrogens with one attached hydrogen (secondary N) is 1. The summed E-state index contributed by atoms with van der Waals surface area (Å²) in [6.07, 6.45) is -0.425. The Morgan fingerprint density at radius 3 is 2.20 bits per heavy atom. The average molecular weight is 424 g/mol. The second kappa shape index (κ2) is 9.80. The summed E-state index contributed by atoms with van der Waals surface area (Å²) in [5.41, 5.74) is -2.01. The van der Waals surface area contributed by atoms with Crippen molar-refractivity contribution in [2.24, 2.45) is 7.05 Å². The Morgan fingerprint density at radius 1 is 1.10 bits per heavy atom. The van der Waals surface area contributed by atoms with Crippen molar-refractivity contribution in [3.05, 3.63) is 5.56 Å². The first-order valence-electron chi connectivity index (χ1n) is 9.27. The van der Waals surface area contributed by atoms with Gasteiger partial charge in [-0.15, -0.1) is 5.10 Å². The van der Waals surface area contributed by atoms with Gasteiger partial charge in [0.25, 0.3) is 5.88 Å². The van der Waals surface area contributed by atoms with E-state index >= 15 is 0 Å². The topological polar surface area (TPSA) is 161 Å². The fourth-order valence-electron chi connectivity index (χ4n) is 2.75. The number of esters is 2. The molecule has 0 radical (unpaired) electrons. The van der Waals surface area contributed by atoms with Gasteiger partial charge in [0.1, 0.15) is 0 Å². The molecule has 1 N–H and O–H groups in total. The van der Waals surface area contributed by atoms with Crippen LogP contribution in [-0.4, -0.2) is 68.6 Å². The molecule has 13 nitrogen and oxygen atoms in total. The average Bonchev–Trinajstić information content (AvgIpc) is 3.27. The van der Waals surface area contributed by atoms with E-state index in [4.69, 9.17) is 18.7 Å². The van der Waals surface area contributed by atoms with Gasteiger partial charge in [0, 0.05) is 20.4 Å². The Labute approximate surface area is 172 Å². The van der Waals surface area contributed by atoms with Crippen molar-refractivity contribution in [1.82, 2.24) is 30.7 Å². The summed E-state index contributed by atoms with van der Waals surface area (Å²) in [6.45, 7) is 6.20. The van der Waals surface area contributed by atoms with Gasteiger partial charge in [-0.1, -0.05) is 0 Å². The molecule has 0 fully saturated rings. The fourth-order valence-corrected chi connectivity index (χ4v) is 2.75. The quantitative estimate of drug-likeness (QED) is 0.397. The highest BCUT2D eigenvalue weighted by Crippen LogP contribution is 2.33. The van der Waals surface area contributed by atoms with E-state index in [2.05, 4.69) is 26.0 Å². The first-order valence-corrected chi connectivity index (χ1v) is 9.27. The molecule has 0 aliphatic rings. The normalized spacial score (nSPS) is 11.1. The minimum Gasteiger partial charge on any atom is -0.476 e. The van der Waals surface area contributed by atoms with E-state index in [1.165, 1.54) is 4.68 Å². The van der Waals surface area contributed by atoms with E-state index in [0.29, 0.717) is 0 Å². The van der Waals surface area contributed by atoms with Crippen LogP contribution in [0.2, 0.25) is 0 Å². The molecular weight excluding hydrogens is 400 g/mol.